The molecule has 0 aliphatic rings. The summed E-state index contributed by atoms with van der Waals surface area (Å²) in [6.07, 6.45) is 3.12. The Labute approximate surface area is 92.8 Å². The Morgan fingerprint density at radius 3 is 1.60 bits per heavy atom. The number of hydrogen-bond acceptors (Lipinski definition) is 0. The number of allylic oxidation sites excluding steroid dienone is 2. The summed E-state index contributed by atoms with van der Waals surface area (Å²) in [7, 11) is 0. The minimum Gasteiger partial charge on any atom is -0.202 e. The lowest BCUT2D eigenvalue weighted by atomic mass is 9.88. The monoisotopic (exact) mass is 218 g/mol. The fourth-order valence-corrected chi connectivity index (χ4v) is 0.997. The average molecular weight is 218 g/mol. The summed E-state index contributed by atoms with van der Waals surface area (Å²) in [4.78, 5) is 0. The zero-order chi connectivity index (χ0) is 12.3. The lowest BCUT2D eigenvalue weighted by molar-refractivity contribution is 0.0327. The minimum atomic E-state index is -2.67. The van der Waals surface area contributed by atoms with Crippen LogP contribution in [0.25, 0.3) is 0 Å². The molecule has 0 saturated carbocycles. The molecular weight excluding hydrogens is 194 g/mol. The Balaban J connectivity index is 4.26. The Morgan fingerprint density at radius 1 is 0.800 bits per heavy atom. The van der Waals surface area contributed by atoms with Crippen LogP contribution in [0, 0.1) is 10.8 Å². The molecule has 0 rings (SSSR count). The fourth-order valence-electron chi connectivity index (χ4n) is 0.997. The molecule has 0 aromatic carbocycles. The summed E-state index contributed by atoms with van der Waals surface area (Å²) in [5.74, 6) is -2.67. The van der Waals surface area contributed by atoms with Gasteiger partial charge < -0.3 is 0 Å². The zero-order valence-corrected chi connectivity index (χ0v) is 10.8. The lowest BCUT2D eigenvalue weighted by Crippen LogP contribution is -2.17. The summed E-state index contributed by atoms with van der Waals surface area (Å²) < 4.78 is 26.8. The lowest BCUT2D eigenvalue weighted by Gasteiger charge is -2.22. The van der Waals surface area contributed by atoms with Gasteiger partial charge in [-0.1, -0.05) is 47.6 Å². The third-order valence-corrected chi connectivity index (χ3v) is 2.04. The first-order valence-corrected chi connectivity index (χ1v) is 5.50. The Hall–Kier alpha value is -0.400. The van der Waals surface area contributed by atoms with Crippen molar-refractivity contribution in [1.29, 1.82) is 0 Å². The first kappa shape index (κ1) is 14.6. The van der Waals surface area contributed by atoms with E-state index in [9.17, 15) is 8.78 Å². The summed E-state index contributed by atoms with van der Waals surface area (Å²) >= 11 is 0. The van der Waals surface area contributed by atoms with Gasteiger partial charge in [-0.2, -0.15) is 0 Å². The molecule has 0 aliphatic carbocycles. The van der Waals surface area contributed by atoms with E-state index in [-0.39, 0.29) is 17.3 Å². The SMILES string of the molecule is CC(C)(C)C=CC(F)(F)CCC(C)(C)C. The van der Waals surface area contributed by atoms with E-state index in [0.717, 1.165) is 6.08 Å². The molecule has 2 heteroatoms. The molecule has 0 atom stereocenters. The Kier molecular flexibility index (Phi) is 4.50. The summed E-state index contributed by atoms with van der Waals surface area (Å²) in [5.41, 5.74) is -0.204. The van der Waals surface area contributed by atoms with Crippen LogP contribution < -0.4 is 0 Å². The molecule has 0 heterocycles. The van der Waals surface area contributed by atoms with E-state index in [1.165, 1.54) is 0 Å². The highest BCUT2D eigenvalue weighted by Gasteiger charge is 2.27. The highest BCUT2D eigenvalue weighted by Crippen LogP contribution is 2.31. The van der Waals surface area contributed by atoms with Crippen LogP contribution in [-0.4, -0.2) is 5.92 Å². The molecule has 0 unspecified atom stereocenters. The van der Waals surface area contributed by atoms with Gasteiger partial charge in [0.2, 0.25) is 0 Å². The predicted molar refractivity (Wildman–Crippen MR) is 62.2 cm³/mol. The van der Waals surface area contributed by atoms with Crippen molar-refractivity contribution in [3.63, 3.8) is 0 Å². The van der Waals surface area contributed by atoms with Crippen molar-refractivity contribution in [3.8, 4) is 0 Å². The van der Waals surface area contributed by atoms with Gasteiger partial charge in [0.05, 0.1) is 0 Å². The van der Waals surface area contributed by atoms with Crippen molar-refractivity contribution in [1.82, 2.24) is 0 Å². The van der Waals surface area contributed by atoms with Crippen LogP contribution >= 0.6 is 0 Å². The van der Waals surface area contributed by atoms with Crippen molar-refractivity contribution in [2.75, 3.05) is 0 Å². The van der Waals surface area contributed by atoms with Gasteiger partial charge in [-0.15, -0.1) is 0 Å². The largest absolute Gasteiger partial charge is 0.266 e. The number of alkyl halides is 2. The number of hydrogen-bond donors (Lipinski definition) is 0. The maximum absolute atomic E-state index is 13.4. The van der Waals surface area contributed by atoms with Crippen LogP contribution in [0.5, 0.6) is 0 Å². The van der Waals surface area contributed by atoms with Gasteiger partial charge in [0, 0.05) is 6.42 Å². The quantitative estimate of drug-likeness (QED) is 0.581. The number of halogens is 2. The smallest absolute Gasteiger partial charge is 0.202 e. The van der Waals surface area contributed by atoms with E-state index in [1.54, 1.807) is 6.08 Å². The van der Waals surface area contributed by atoms with E-state index < -0.39 is 5.92 Å². The van der Waals surface area contributed by atoms with Crippen molar-refractivity contribution in [2.24, 2.45) is 10.8 Å². The maximum Gasteiger partial charge on any atom is 0.266 e. The molecular formula is C13H24F2. The molecule has 0 N–H and O–H groups in total. The van der Waals surface area contributed by atoms with Gasteiger partial charge in [0.25, 0.3) is 5.92 Å². The third kappa shape index (κ3) is 9.89. The predicted octanol–water partition coefficient (Wildman–Crippen LogP) is 5.05. The highest BCUT2D eigenvalue weighted by atomic mass is 19.3. The minimum absolute atomic E-state index is 0.0288. The first-order chi connectivity index (χ1) is 6.41. The molecule has 0 aromatic rings. The standard InChI is InChI=1S/C13H24F2/c1-11(2,3)7-9-13(14,15)10-8-12(4,5)6/h7,9H,8,10H2,1-6H3. The van der Waals surface area contributed by atoms with Gasteiger partial charge in [0.15, 0.2) is 0 Å². The molecule has 0 spiro atoms. The van der Waals surface area contributed by atoms with E-state index in [0.29, 0.717) is 6.42 Å². The Morgan fingerprint density at radius 2 is 1.27 bits per heavy atom. The molecule has 0 bridgehead atoms. The van der Waals surface area contributed by atoms with E-state index in [2.05, 4.69) is 0 Å². The van der Waals surface area contributed by atoms with Crippen molar-refractivity contribution < 1.29 is 8.78 Å². The second-order valence-corrected chi connectivity index (χ2v) is 6.52. The molecule has 0 nitrogen and oxygen atoms in total. The second kappa shape index (κ2) is 4.63. The average Bonchev–Trinajstić information content (AvgIpc) is 1.96. The van der Waals surface area contributed by atoms with Crippen molar-refractivity contribution in [3.05, 3.63) is 12.2 Å². The molecule has 0 aliphatic heterocycles. The fraction of sp³-hybridized carbons (Fsp3) is 0.846. The van der Waals surface area contributed by atoms with Gasteiger partial charge in [-0.05, 0) is 23.3 Å². The molecule has 15 heavy (non-hydrogen) atoms. The molecule has 0 radical (unpaired) electrons. The van der Waals surface area contributed by atoms with E-state index in [4.69, 9.17) is 0 Å². The third-order valence-electron chi connectivity index (χ3n) is 2.04. The molecule has 0 saturated heterocycles. The molecule has 0 amide bonds. The second-order valence-electron chi connectivity index (χ2n) is 6.52. The van der Waals surface area contributed by atoms with Gasteiger partial charge >= 0.3 is 0 Å². The van der Waals surface area contributed by atoms with Crippen LogP contribution in [0.4, 0.5) is 8.78 Å². The highest BCUT2D eigenvalue weighted by molar-refractivity contribution is 5.00. The Bertz CT molecular complexity index is 214. The maximum atomic E-state index is 13.4. The molecule has 0 fully saturated rings. The van der Waals surface area contributed by atoms with Crippen LogP contribution in [0.3, 0.4) is 0 Å². The van der Waals surface area contributed by atoms with Crippen molar-refractivity contribution in [2.45, 2.75) is 60.3 Å². The van der Waals surface area contributed by atoms with Gasteiger partial charge in [-0.25, -0.2) is 8.78 Å². The van der Waals surface area contributed by atoms with Crippen LogP contribution in [-0.2, 0) is 0 Å². The summed E-state index contributed by atoms with van der Waals surface area (Å²) in [5, 5.41) is 0. The van der Waals surface area contributed by atoms with Crippen LogP contribution in [0.2, 0.25) is 0 Å². The summed E-state index contributed by atoms with van der Waals surface area (Å²) in [6.45, 7) is 11.7. The van der Waals surface area contributed by atoms with Gasteiger partial charge in [0.1, 0.15) is 0 Å². The van der Waals surface area contributed by atoms with Crippen LogP contribution in [0.1, 0.15) is 54.4 Å². The first-order valence-electron chi connectivity index (χ1n) is 5.50. The van der Waals surface area contributed by atoms with E-state index in [1.807, 2.05) is 41.5 Å². The zero-order valence-electron chi connectivity index (χ0n) is 10.8. The molecule has 90 valence electrons. The summed E-state index contributed by atoms with van der Waals surface area (Å²) in [6, 6.07) is 0. The number of rotatable bonds is 3. The normalized spacial score (nSPS) is 14.9. The topological polar surface area (TPSA) is 0 Å². The molecule has 0 aromatic heterocycles. The van der Waals surface area contributed by atoms with Gasteiger partial charge in [-0.3, -0.25) is 0 Å². The van der Waals surface area contributed by atoms with Crippen LogP contribution in [0.15, 0.2) is 12.2 Å². The van der Waals surface area contributed by atoms with Crippen molar-refractivity contribution >= 4 is 0 Å². The van der Waals surface area contributed by atoms with E-state index >= 15 is 0 Å².